The van der Waals surface area contributed by atoms with E-state index in [1.807, 2.05) is 35.2 Å². The fourth-order valence-electron chi connectivity index (χ4n) is 5.79. The first kappa shape index (κ1) is 24.3. The zero-order valence-electron chi connectivity index (χ0n) is 20.7. The van der Waals surface area contributed by atoms with Gasteiger partial charge in [-0.2, -0.15) is 0 Å². The molecule has 182 valence electrons. The number of benzene rings is 2. The van der Waals surface area contributed by atoms with Gasteiger partial charge < -0.3 is 19.6 Å². The van der Waals surface area contributed by atoms with Crippen molar-refractivity contribution in [2.24, 2.45) is 5.92 Å². The minimum Gasteiger partial charge on any atom is -0.497 e. The lowest BCUT2D eigenvalue weighted by molar-refractivity contribution is -0.150. The summed E-state index contributed by atoms with van der Waals surface area (Å²) >= 11 is 0. The number of hydrogen-bond donors (Lipinski definition) is 1. The molecule has 3 atom stereocenters. The number of anilines is 1. The van der Waals surface area contributed by atoms with Crippen LogP contribution in [0.2, 0.25) is 0 Å². The Morgan fingerprint density at radius 2 is 1.79 bits per heavy atom. The Balaban J connectivity index is 1.62. The average molecular weight is 463 g/mol. The second-order valence-electron chi connectivity index (χ2n) is 9.55. The highest BCUT2D eigenvalue weighted by Gasteiger charge is 2.49. The van der Waals surface area contributed by atoms with Gasteiger partial charge in [-0.3, -0.25) is 4.79 Å². The van der Waals surface area contributed by atoms with Crippen LogP contribution in [0.4, 0.5) is 5.69 Å². The van der Waals surface area contributed by atoms with Crippen molar-refractivity contribution in [3.8, 4) is 5.75 Å². The van der Waals surface area contributed by atoms with Crippen molar-refractivity contribution in [2.45, 2.75) is 57.6 Å². The van der Waals surface area contributed by atoms with Crippen LogP contribution in [0.1, 0.15) is 63.1 Å². The zero-order chi connectivity index (χ0) is 24.1. The lowest BCUT2D eigenvalue weighted by Gasteiger charge is -2.52. The lowest BCUT2D eigenvalue weighted by Crippen LogP contribution is -2.56. The summed E-state index contributed by atoms with van der Waals surface area (Å²) in [5, 5.41) is 11.5. The van der Waals surface area contributed by atoms with E-state index in [4.69, 9.17) is 4.74 Å². The first-order valence-corrected chi connectivity index (χ1v) is 12.7. The van der Waals surface area contributed by atoms with Gasteiger partial charge in [-0.15, -0.1) is 0 Å². The van der Waals surface area contributed by atoms with Crippen molar-refractivity contribution in [3.05, 3.63) is 65.7 Å². The van der Waals surface area contributed by atoms with E-state index in [1.54, 1.807) is 13.2 Å². The molecule has 1 saturated heterocycles. The van der Waals surface area contributed by atoms with Crippen LogP contribution in [-0.4, -0.2) is 48.3 Å². The van der Waals surface area contributed by atoms with Gasteiger partial charge in [-0.05, 0) is 74.6 Å². The van der Waals surface area contributed by atoms with Crippen molar-refractivity contribution in [1.29, 1.82) is 0 Å². The van der Waals surface area contributed by atoms with E-state index in [2.05, 4.69) is 43.0 Å². The number of amides is 1. The summed E-state index contributed by atoms with van der Waals surface area (Å²) in [4.78, 5) is 17.8. The first-order valence-electron chi connectivity index (χ1n) is 12.7. The molecular formula is C29H38N2O3. The largest absolute Gasteiger partial charge is 0.497 e. The van der Waals surface area contributed by atoms with Crippen LogP contribution in [0.3, 0.4) is 0 Å². The Kier molecular flexibility index (Phi) is 7.62. The van der Waals surface area contributed by atoms with Crippen molar-refractivity contribution in [3.63, 3.8) is 0 Å². The Morgan fingerprint density at radius 3 is 2.44 bits per heavy atom. The van der Waals surface area contributed by atoms with Crippen LogP contribution in [-0.2, 0) is 4.79 Å². The van der Waals surface area contributed by atoms with E-state index in [1.165, 1.54) is 5.69 Å². The molecular weight excluding hydrogens is 424 g/mol. The molecule has 0 bridgehead atoms. The van der Waals surface area contributed by atoms with Gasteiger partial charge >= 0.3 is 0 Å². The maximum absolute atomic E-state index is 13.4. The Labute approximate surface area is 204 Å². The third-order valence-corrected chi connectivity index (χ3v) is 7.75. The van der Waals surface area contributed by atoms with Crippen molar-refractivity contribution >= 4 is 17.7 Å². The van der Waals surface area contributed by atoms with Crippen molar-refractivity contribution in [1.82, 2.24) is 4.90 Å². The standard InChI is InChI=1S/C29H38N2O3/c1-4-30(5-2)24-14-12-23(13-15-24)28-26-8-6-7-19-29(26,33)20-21-31(28)27(32)18-11-22-9-16-25(34-3)17-10-22/h9-18,26,28,33H,4-8,19-21H2,1-3H3/t26?,28-,29?/m0/s1. The second kappa shape index (κ2) is 10.6. The maximum atomic E-state index is 13.4. The molecule has 2 fully saturated rings. The number of aliphatic hydroxyl groups is 1. The third-order valence-electron chi connectivity index (χ3n) is 7.75. The summed E-state index contributed by atoms with van der Waals surface area (Å²) in [7, 11) is 1.64. The Morgan fingerprint density at radius 1 is 1.09 bits per heavy atom. The number of piperidine rings is 1. The van der Waals surface area contributed by atoms with Crippen molar-refractivity contribution < 1.29 is 14.6 Å². The fraction of sp³-hybridized carbons (Fsp3) is 0.483. The van der Waals surface area contributed by atoms with E-state index >= 15 is 0 Å². The third kappa shape index (κ3) is 5.00. The molecule has 2 aromatic carbocycles. The molecule has 1 amide bonds. The zero-order valence-corrected chi connectivity index (χ0v) is 20.7. The molecule has 4 rings (SSSR count). The van der Waals surface area contributed by atoms with E-state index < -0.39 is 5.60 Å². The lowest BCUT2D eigenvalue weighted by atomic mass is 9.66. The Bertz CT molecular complexity index is 981. The monoisotopic (exact) mass is 462 g/mol. The van der Waals surface area contributed by atoms with Crippen LogP contribution in [0.5, 0.6) is 5.75 Å². The molecule has 0 radical (unpaired) electrons. The summed E-state index contributed by atoms with van der Waals surface area (Å²) in [5.74, 6) is 0.859. The number of likely N-dealkylation sites (tertiary alicyclic amines) is 1. The SMILES string of the molecule is CCN(CC)c1ccc([C@H]2C3CCCCC3(O)CCN2C(=O)C=Cc2ccc(OC)cc2)cc1. The number of rotatable bonds is 7. The molecule has 2 aromatic rings. The van der Waals surface area contributed by atoms with Gasteiger partial charge in [-0.1, -0.05) is 37.1 Å². The van der Waals surface area contributed by atoms with E-state index in [0.717, 1.165) is 55.6 Å². The predicted octanol–water partition coefficient (Wildman–Crippen LogP) is 5.45. The molecule has 5 nitrogen and oxygen atoms in total. The quantitative estimate of drug-likeness (QED) is 0.556. The van der Waals surface area contributed by atoms with Gasteiger partial charge in [0.05, 0.1) is 18.8 Å². The Hall–Kier alpha value is -2.79. The van der Waals surface area contributed by atoms with Crippen LogP contribution in [0.25, 0.3) is 6.08 Å². The number of hydrogen-bond acceptors (Lipinski definition) is 4. The van der Waals surface area contributed by atoms with E-state index in [0.29, 0.717) is 13.0 Å². The van der Waals surface area contributed by atoms with Gasteiger partial charge in [0.2, 0.25) is 5.91 Å². The predicted molar refractivity (Wildman–Crippen MR) is 138 cm³/mol. The molecule has 1 saturated carbocycles. The van der Waals surface area contributed by atoms with Gasteiger partial charge in [0.1, 0.15) is 5.75 Å². The van der Waals surface area contributed by atoms with Crippen LogP contribution >= 0.6 is 0 Å². The minimum absolute atomic E-state index is 0.00117. The topological polar surface area (TPSA) is 53.0 Å². The summed E-state index contributed by atoms with van der Waals surface area (Å²) in [5.41, 5.74) is 2.59. The minimum atomic E-state index is -0.684. The molecule has 2 aliphatic rings. The number of fused-ring (bicyclic) bond motifs is 1. The first-order chi connectivity index (χ1) is 16.5. The van der Waals surface area contributed by atoms with E-state index in [-0.39, 0.29) is 17.9 Å². The maximum Gasteiger partial charge on any atom is 0.247 e. The van der Waals surface area contributed by atoms with E-state index in [9.17, 15) is 9.90 Å². The van der Waals surface area contributed by atoms with Gasteiger partial charge in [0.25, 0.3) is 0 Å². The summed E-state index contributed by atoms with van der Waals surface area (Å²) < 4.78 is 5.22. The normalized spacial score (nSPS) is 24.6. The number of nitrogens with zero attached hydrogens (tertiary/aromatic N) is 2. The van der Waals surface area contributed by atoms with Gasteiger partial charge in [-0.25, -0.2) is 0 Å². The number of carbonyl (C=O) groups excluding carboxylic acids is 1. The smallest absolute Gasteiger partial charge is 0.247 e. The highest BCUT2D eigenvalue weighted by Crippen LogP contribution is 2.49. The summed E-state index contributed by atoms with van der Waals surface area (Å²) in [6, 6.07) is 16.2. The summed E-state index contributed by atoms with van der Waals surface area (Å²) in [6.45, 7) is 6.82. The molecule has 1 aliphatic carbocycles. The second-order valence-corrected chi connectivity index (χ2v) is 9.55. The molecule has 34 heavy (non-hydrogen) atoms. The highest BCUT2D eigenvalue weighted by atomic mass is 16.5. The van der Waals surface area contributed by atoms with Crippen LogP contribution in [0.15, 0.2) is 54.6 Å². The molecule has 1 N–H and O–H groups in total. The molecule has 1 aliphatic heterocycles. The fourth-order valence-corrected chi connectivity index (χ4v) is 5.79. The molecule has 2 unspecified atom stereocenters. The van der Waals surface area contributed by atoms with Gasteiger partial charge in [0.15, 0.2) is 0 Å². The van der Waals surface area contributed by atoms with Crippen molar-refractivity contribution in [2.75, 3.05) is 31.6 Å². The summed E-state index contributed by atoms with van der Waals surface area (Å²) in [6.07, 6.45) is 8.13. The number of methoxy groups -OCH3 is 1. The molecule has 1 heterocycles. The molecule has 0 aromatic heterocycles. The average Bonchev–Trinajstić information content (AvgIpc) is 2.88. The molecule has 5 heteroatoms. The highest BCUT2D eigenvalue weighted by molar-refractivity contribution is 5.92. The van der Waals surface area contributed by atoms with Crippen LogP contribution in [0, 0.1) is 5.92 Å². The number of ether oxygens (including phenoxy) is 1. The van der Waals surface area contributed by atoms with Crippen LogP contribution < -0.4 is 9.64 Å². The number of carbonyl (C=O) groups is 1. The van der Waals surface area contributed by atoms with Gasteiger partial charge in [0, 0.05) is 37.3 Å². The molecule has 0 spiro atoms.